The summed E-state index contributed by atoms with van der Waals surface area (Å²) in [6.07, 6.45) is 3.02. The summed E-state index contributed by atoms with van der Waals surface area (Å²) in [7, 11) is -2.20. The second kappa shape index (κ2) is 7.17. The summed E-state index contributed by atoms with van der Waals surface area (Å²) in [5.41, 5.74) is 3.20. The average molecular weight is 483 g/mol. The van der Waals surface area contributed by atoms with Gasteiger partial charge in [0, 0.05) is 37.5 Å². The minimum atomic E-state index is -3.78. The quantitative estimate of drug-likeness (QED) is 0.465. The summed E-state index contributed by atoms with van der Waals surface area (Å²) in [5, 5.41) is 23.3. The fourth-order valence-corrected chi connectivity index (χ4v) is 7.12. The number of nitrogens with zero attached hydrogens (tertiary/aromatic N) is 6. The van der Waals surface area contributed by atoms with Crippen molar-refractivity contribution in [3.8, 4) is 5.69 Å². The van der Waals surface area contributed by atoms with Crippen molar-refractivity contribution >= 4 is 20.9 Å². The number of benzene rings is 2. The molecule has 3 heterocycles. The Morgan fingerprint density at radius 2 is 1.94 bits per heavy atom. The van der Waals surface area contributed by atoms with Crippen LogP contribution in [0.15, 0.2) is 53.8 Å². The minimum Gasteiger partial charge on any atom is -0.396 e. The molecule has 34 heavy (non-hydrogen) atoms. The first kappa shape index (κ1) is 21.4. The van der Waals surface area contributed by atoms with Gasteiger partial charge in [-0.05, 0) is 66.3 Å². The first-order chi connectivity index (χ1) is 16.3. The van der Waals surface area contributed by atoms with Gasteiger partial charge in [-0.1, -0.05) is 0 Å². The number of fused-ring (bicyclic) bond motifs is 2. The molecule has 0 unspecified atom stereocenters. The molecule has 11 heteroatoms. The van der Waals surface area contributed by atoms with E-state index in [9.17, 15) is 17.9 Å². The number of hydrogen-bond donors (Lipinski definition) is 1. The summed E-state index contributed by atoms with van der Waals surface area (Å²) >= 11 is 0. The number of piperidine rings is 1. The number of sulfonamides is 1. The van der Waals surface area contributed by atoms with E-state index in [-0.39, 0.29) is 35.8 Å². The molecule has 0 spiro atoms. The summed E-state index contributed by atoms with van der Waals surface area (Å²) in [6, 6.07) is 10.2. The summed E-state index contributed by atoms with van der Waals surface area (Å²) in [6.45, 7) is 2.60. The van der Waals surface area contributed by atoms with Crippen molar-refractivity contribution in [1.82, 2.24) is 29.1 Å². The number of halogens is 1. The lowest BCUT2D eigenvalue weighted by molar-refractivity contribution is 0.241. The van der Waals surface area contributed by atoms with E-state index in [0.29, 0.717) is 6.54 Å². The molecule has 1 aliphatic heterocycles. The molecule has 1 saturated heterocycles. The van der Waals surface area contributed by atoms with Crippen LogP contribution in [0, 0.1) is 24.6 Å². The van der Waals surface area contributed by atoms with E-state index >= 15 is 0 Å². The van der Waals surface area contributed by atoms with E-state index in [1.807, 2.05) is 13.0 Å². The van der Waals surface area contributed by atoms with Crippen molar-refractivity contribution in [2.75, 3.05) is 19.7 Å². The largest absolute Gasteiger partial charge is 0.396 e. The summed E-state index contributed by atoms with van der Waals surface area (Å²) in [5.74, 6) is -0.300. The lowest BCUT2D eigenvalue weighted by Crippen LogP contribution is -2.35. The van der Waals surface area contributed by atoms with Gasteiger partial charge in [0.05, 0.1) is 23.6 Å². The molecule has 1 saturated carbocycles. The van der Waals surface area contributed by atoms with Gasteiger partial charge >= 0.3 is 0 Å². The Morgan fingerprint density at radius 1 is 1.18 bits per heavy atom. The van der Waals surface area contributed by atoms with Crippen molar-refractivity contribution in [1.29, 1.82) is 0 Å². The van der Waals surface area contributed by atoms with Crippen LogP contribution in [-0.4, -0.2) is 62.3 Å². The molecule has 1 N–H and O–H groups in total. The third-order valence-corrected chi connectivity index (χ3v) is 9.08. The van der Waals surface area contributed by atoms with Gasteiger partial charge in [-0.25, -0.2) is 17.5 Å². The van der Waals surface area contributed by atoms with Gasteiger partial charge in [-0.2, -0.15) is 19.3 Å². The van der Waals surface area contributed by atoms with Crippen LogP contribution >= 0.6 is 0 Å². The molecule has 2 fully saturated rings. The second-order valence-corrected chi connectivity index (χ2v) is 11.0. The zero-order valence-corrected chi connectivity index (χ0v) is 19.4. The minimum absolute atomic E-state index is 0.00395. The normalized spacial score (nSPS) is 24.6. The molecule has 6 rings (SSSR count). The molecule has 0 amide bonds. The molecular weight excluding hydrogens is 459 g/mol. The SMILES string of the molecule is Cc1cc2c(cnn2-c2ccc(F)cc2)cc1[C@]12CN(S(=O)(=O)c3cnn(C)n3)C[C@H]1[C@@H]2CO. The molecule has 2 aliphatic rings. The molecule has 9 nitrogen and oxygen atoms in total. The van der Waals surface area contributed by atoms with Crippen molar-refractivity contribution < 1.29 is 17.9 Å². The summed E-state index contributed by atoms with van der Waals surface area (Å²) in [4.78, 5) is 1.23. The Balaban J connectivity index is 1.40. The maximum absolute atomic E-state index is 13.4. The molecular formula is C23H23FN6O3S. The lowest BCUT2D eigenvalue weighted by atomic mass is 9.88. The first-order valence-electron chi connectivity index (χ1n) is 11.0. The van der Waals surface area contributed by atoms with E-state index in [1.54, 1.807) is 30.1 Å². The van der Waals surface area contributed by atoms with Gasteiger partial charge in [-0.15, -0.1) is 5.10 Å². The Hall–Kier alpha value is -3.15. The van der Waals surface area contributed by atoms with Crippen LogP contribution in [0.2, 0.25) is 0 Å². The highest BCUT2D eigenvalue weighted by Crippen LogP contribution is 2.65. The van der Waals surface area contributed by atoms with Crippen molar-refractivity contribution in [3.05, 3.63) is 65.7 Å². The van der Waals surface area contributed by atoms with Gasteiger partial charge in [0.2, 0.25) is 5.03 Å². The molecule has 0 radical (unpaired) electrons. The highest BCUT2D eigenvalue weighted by Gasteiger charge is 2.71. The number of aliphatic hydroxyl groups is 1. The van der Waals surface area contributed by atoms with Gasteiger partial charge in [-0.3, -0.25) is 0 Å². The van der Waals surface area contributed by atoms with Crippen LogP contribution in [0.1, 0.15) is 11.1 Å². The van der Waals surface area contributed by atoms with E-state index in [0.717, 1.165) is 27.7 Å². The van der Waals surface area contributed by atoms with E-state index in [1.165, 1.54) is 27.4 Å². The average Bonchev–Trinajstić information content (AvgIpc) is 3.26. The zero-order chi connectivity index (χ0) is 23.8. The molecule has 2 aromatic heterocycles. The monoisotopic (exact) mass is 482 g/mol. The number of aliphatic hydroxyl groups excluding tert-OH is 1. The Bertz CT molecular complexity index is 1530. The van der Waals surface area contributed by atoms with Gasteiger partial charge < -0.3 is 5.11 Å². The van der Waals surface area contributed by atoms with E-state index < -0.39 is 15.4 Å². The van der Waals surface area contributed by atoms with Crippen LogP contribution in [-0.2, 0) is 22.5 Å². The number of rotatable bonds is 5. The third kappa shape index (κ3) is 2.90. The number of aromatic nitrogens is 5. The number of aryl methyl sites for hydroxylation is 2. The van der Waals surface area contributed by atoms with E-state index in [2.05, 4.69) is 21.4 Å². The van der Waals surface area contributed by atoms with Crippen molar-refractivity contribution in [3.63, 3.8) is 0 Å². The smallest absolute Gasteiger partial charge is 0.264 e. The molecule has 4 aromatic rings. The Kier molecular flexibility index (Phi) is 4.51. The first-order valence-corrected chi connectivity index (χ1v) is 12.4. The Morgan fingerprint density at radius 3 is 2.62 bits per heavy atom. The molecule has 1 aliphatic carbocycles. The zero-order valence-electron chi connectivity index (χ0n) is 18.6. The van der Waals surface area contributed by atoms with Crippen molar-refractivity contribution in [2.45, 2.75) is 17.4 Å². The molecule has 2 aromatic carbocycles. The van der Waals surface area contributed by atoms with E-state index in [4.69, 9.17) is 0 Å². The second-order valence-electron chi connectivity index (χ2n) is 9.16. The standard InChI is InChI=1S/C23H23FN6O3S/c1-14-7-21-15(9-26-30(21)17-5-3-16(24)4-6-17)8-18(14)23-13-29(11-19(23)20(23)12-31)34(32,33)22-10-25-28(2)27-22/h3-10,19-20,31H,11-13H2,1-2H3/t19-,20-,23+/m0/s1. The van der Waals surface area contributed by atoms with Crippen LogP contribution in [0.3, 0.4) is 0 Å². The van der Waals surface area contributed by atoms with Crippen LogP contribution < -0.4 is 0 Å². The fraction of sp³-hybridized carbons (Fsp3) is 0.348. The Labute approximate surface area is 195 Å². The predicted molar refractivity (Wildman–Crippen MR) is 121 cm³/mol. The topological polar surface area (TPSA) is 106 Å². The maximum Gasteiger partial charge on any atom is 0.264 e. The van der Waals surface area contributed by atoms with Gasteiger partial charge in [0.1, 0.15) is 5.82 Å². The molecule has 176 valence electrons. The van der Waals surface area contributed by atoms with Gasteiger partial charge in [0.15, 0.2) is 0 Å². The highest BCUT2D eigenvalue weighted by molar-refractivity contribution is 7.89. The van der Waals surface area contributed by atoms with Crippen LogP contribution in [0.5, 0.6) is 0 Å². The maximum atomic E-state index is 13.4. The highest BCUT2D eigenvalue weighted by atomic mass is 32.2. The summed E-state index contributed by atoms with van der Waals surface area (Å²) < 4.78 is 42.9. The fourth-order valence-electron chi connectivity index (χ4n) is 5.71. The van der Waals surface area contributed by atoms with Crippen molar-refractivity contribution in [2.24, 2.45) is 18.9 Å². The van der Waals surface area contributed by atoms with Crippen LogP contribution in [0.25, 0.3) is 16.6 Å². The predicted octanol–water partition coefficient (Wildman–Crippen LogP) is 1.78. The molecule has 3 atom stereocenters. The number of hydrogen-bond acceptors (Lipinski definition) is 6. The lowest BCUT2D eigenvalue weighted by Gasteiger charge is -2.24. The third-order valence-electron chi connectivity index (χ3n) is 7.40. The van der Waals surface area contributed by atoms with Crippen LogP contribution in [0.4, 0.5) is 4.39 Å². The van der Waals surface area contributed by atoms with Gasteiger partial charge in [0.25, 0.3) is 10.0 Å². The molecule has 0 bridgehead atoms.